The Morgan fingerprint density at radius 3 is 2.25 bits per heavy atom. The fourth-order valence-electron chi connectivity index (χ4n) is 1.27. The molecule has 1 aromatic heterocycles. The van der Waals surface area contributed by atoms with Crippen molar-refractivity contribution >= 4 is 5.95 Å². The lowest BCUT2D eigenvalue weighted by Gasteiger charge is -2.07. The van der Waals surface area contributed by atoms with Gasteiger partial charge in [0.15, 0.2) is 0 Å². The summed E-state index contributed by atoms with van der Waals surface area (Å²) in [7, 11) is 3.14. The number of hydrogen-bond acceptors (Lipinski definition) is 5. The number of nitrogens with zero attached hydrogens (tertiary/aromatic N) is 2. The van der Waals surface area contributed by atoms with Crippen molar-refractivity contribution < 1.29 is 9.47 Å². The second kappa shape index (κ2) is 6.87. The fraction of sp³-hybridized carbons (Fsp3) is 0.636. The Hall–Kier alpha value is -1.52. The van der Waals surface area contributed by atoms with Crippen molar-refractivity contribution in [3.63, 3.8) is 0 Å². The van der Waals surface area contributed by atoms with Crippen LogP contribution in [0.1, 0.15) is 26.2 Å². The molecule has 5 nitrogen and oxygen atoms in total. The summed E-state index contributed by atoms with van der Waals surface area (Å²) in [5, 5.41) is 3.15. The van der Waals surface area contributed by atoms with Crippen molar-refractivity contribution in [3.8, 4) is 11.8 Å². The van der Waals surface area contributed by atoms with Crippen LogP contribution in [-0.2, 0) is 0 Å². The highest BCUT2D eigenvalue weighted by Gasteiger charge is 2.04. The van der Waals surface area contributed by atoms with E-state index in [9.17, 15) is 0 Å². The van der Waals surface area contributed by atoms with Crippen molar-refractivity contribution in [2.75, 3.05) is 26.1 Å². The van der Waals surface area contributed by atoms with Gasteiger partial charge in [0.2, 0.25) is 17.7 Å². The van der Waals surface area contributed by atoms with Crippen LogP contribution in [0.25, 0.3) is 0 Å². The van der Waals surface area contributed by atoms with Crippen molar-refractivity contribution in [3.05, 3.63) is 6.07 Å². The van der Waals surface area contributed by atoms with Gasteiger partial charge in [-0.1, -0.05) is 19.8 Å². The minimum atomic E-state index is 0.504. The van der Waals surface area contributed by atoms with Gasteiger partial charge in [-0.2, -0.15) is 9.97 Å². The first-order valence-electron chi connectivity index (χ1n) is 5.51. The average molecular weight is 225 g/mol. The molecule has 16 heavy (non-hydrogen) atoms. The third-order valence-electron chi connectivity index (χ3n) is 2.16. The van der Waals surface area contributed by atoms with Crippen molar-refractivity contribution in [2.45, 2.75) is 26.2 Å². The summed E-state index contributed by atoms with van der Waals surface area (Å²) >= 11 is 0. The van der Waals surface area contributed by atoms with Crippen LogP contribution in [0.15, 0.2) is 6.07 Å². The normalized spacial score (nSPS) is 9.94. The van der Waals surface area contributed by atoms with E-state index < -0.39 is 0 Å². The highest BCUT2D eigenvalue weighted by Crippen LogP contribution is 2.17. The lowest BCUT2D eigenvalue weighted by molar-refractivity contribution is 0.373. The van der Waals surface area contributed by atoms with Gasteiger partial charge in [-0.25, -0.2) is 0 Å². The summed E-state index contributed by atoms with van der Waals surface area (Å²) in [6.07, 6.45) is 3.51. The number of anilines is 1. The summed E-state index contributed by atoms with van der Waals surface area (Å²) in [6, 6.07) is 1.65. The minimum Gasteiger partial charge on any atom is -0.481 e. The van der Waals surface area contributed by atoms with Crippen molar-refractivity contribution in [1.82, 2.24) is 9.97 Å². The molecule has 0 atom stereocenters. The van der Waals surface area contributed by atoms with Crippen LogP contribution in [-0.4, -0.2) is 30.7 Å². The van der Waals surface area contributed by atoms with E-state index in [-0.39, 0.29) is 0 Å². The number of unbranched alkanes of at least 4 members (excludes halogenated alkanes) is 2. The summed E-state index contributed by atoms with van der Waals surface area (Å²) in [5.74, 6) is 1.56. The van der Waals surface area contributed by atoms with E-state index in [1.165, 1.54) is 12.8 Å². The standard InChI is InChI=1S/C11H19N3O2/c1-4-5-6-7-12-11-13-9(15-2)8-10(14-11)16-3/h8H,4-7H2,1-3H3,(H,12,13,14). The molecule has 0 spiro atoms. The van der Waals surface area contributed by atoms with Gasteiger partial charge < -0.3 is 14.8 Å². The highest BCUT2D eigenvalue weighted by molar-refractivity contribution is 5.33. The molecule has 0 saturated heterocycles. The fourth-order valence-corrected chi connectivity index (χ4v) is 1.27. The van der Waals surface area contributed by atoms with Crippen molar-refractivity contribution in [1.29, 1.82) is 0 Å². The molecule has 5 heteroatoms. The molecule has 1 rings (SSSR count). The average Bonchev–Trinajstić information content (AvgIpc) is 2.34. The molecule has 0 aliphatic rings. The Kier molecular flexibility index (Phi) is 5.39. The molecule has 0 bridgehead atoms. The molecule has 90 valence electrons. The van der Waals surface area contributed by atoms with Crippen molar-refractivity contribution in [2.24, 2.45) is 0 Å². The first kappa shape index (κ1) is 12.5. The molecular weight excluding hydrogens is 206 g/mol. The van der Waals surface area contributed by atoms with Crippen LogP contribution in [0.2, 0.25) is 0 Å². The Labute approximate surface area is 96.2 Å². The molecule has 0 aromatic carbocycles. The molecule has 0 aliphatic heterocycles. The van der Waals surface area contributed by atoms with Gasteiger partial charge in [0.05, 0.1) is 20.3 Å². The number of methoxy groups -OCH3 is 2. The summed E-state index contributed by atoms with van der Waals surface area (Å²) in [4.78, 5) is 8.35. The third kappa shape index (κ3) is 3.92. The quantitative estimate of drug-likeness (QED) is 0.720. The molecule has 1 N–H and O–H groups in total. The first-order valence-corrected chi connectivity index (χ1v) is 5.51. The lowest BCUT2D eigenvalue weighted by atomic mass is 10.2. The molecule has 0 radical (unpaired) electrons. The van der Waals surface area contributed by atoms with Gasteiger partial charge in [0.25, 0.3) is 0 Å². The van der Waals surface area contributed by atoms with Gasteiger partial charge >= 0.3 is 0 Å². The van der Waals surface area contributed by atoms with E-state index in [1.807, 2.05) is 0 Å². The Morgan fingerprint density at radius 1 is 1.12 bits per heavy atom. The Morgan fingerprint density at radius 2 is 1.75 bits per heavy atom. The maximum Gasteiger partial charge on any atom is 0.229 e. The monoisotopic (exact) mass is 225 g/mol. The topological polar surface area (TPSA) is 56.3 Å². The second-order valence-corrected chi connectivity index (χ2v) is 3.41. The van der Waals surface area contributed by atoms with E-state index in [0.29, 0.717) is 17.7 Å². The van der Waals surface area contributed by atoms with E-state index in [2.05, 4.69) is 22.2 Å². The highest BCUT2D eigenvalue weighted by atomic mass is 16.5. The molecule has 0 unspecified atom stereocenters. The van der Waals surface area contributed by atoms with Crippen LogP contribution >= 0.6 is 0 Å². The van der Waals surface area contributed by atoms with E-state index in [4.69, 9.17) is 9.47 Å². The van der Waals surface area contributed by atoms with E-state index in [1.54, 1.807) is 20.3 Å². The summed E-state index contributed by atoms with van der Waals surface area (Å²) < 4.78 is 10.1. The first-order chi connectivity index (χ1) is 7.80. The van der Waals surface area contributed by atoms with Gasteiger partial charge in [0, 0.05) is 6.54 Å². The van der Waals surface area contributed by atoms with E-state index >= 15 is 0 Å². The van der Waals surface area contributed by atoms with Crippen LogP contribution < -0.4 is 14.8 Å². The van der Waals surface area contributed by atoms with Gasteiger partial charge in [-0.15, -0.1) is 0 Å². The predicted molar refractivity (Wildman–Crippen MR) is 63.2 cm³/mol. The SMILES string of the molecule is CCCCCNc1nc(OC)cc(OC)n1. The number of hydrogen-bond donors (Lipinski definition) is 1. The van der Waals surface area contributed by atoms with Gasteiger partial charge in [-0.05, 0) is 6.42 Å². The molecule has 0 saturated carbocycles. The zero-order valence-corrected chi connectivity index (χ0v) is 10.1. The molecule has 0 aliphatic carbocycles. The number of rotatable bonds is 7. The maximum atomic E-state index is 5.05. The zero-order chi connectivity index (χ0) is 11.8. The predicted octanol–water partition coefficient (Wildman–Crippen LogP) is 2.10. The number of nitrogens with one attached hydrogen (secondary N) is 1. The van der Waals surface area contributed by atoms with E-state index in [0.717, 1.165) is 13.0 Å². The van der Waals surface area contributed by atoms with Crippen LogP contribution in [0, 0.1) is 0 Å². The van der Waals surface area contributed by atoms with Gasteiger partial charge in [0.1, 0.15) is 0 Å². The molecule has 1 aromatic rings. The Bertz CT molecular complexity index is 296. The summed E-state index contributed by atoms with van der Waals surface area (Å²) in [5.41, 5.74) is 0. The Balaban J connectivity index is 2.57. The lowest BCUT2D eigenvalue weighted by Crippen LogP contribution is -2.06. The zero-order valence-electron chi connectivity index (χ0n) is 10.1. The molecular formula is C11H19N3O2. The third-order valence-corrected chi connectivity index (χ3v) is 2.16. The maximum absolute atomic E-state index is 5.05. The molecule has 1 heterocycles. The molecule has 0 amide bonds. The smallest absolute Gasteiger partial charge is 0.229 e. The van der Waals surface area contributed by atoms with Crippen LogP contribution in [0.3, 0.4) is 0 Å². The van der Waals surface area contributed by atoms with Crippen LogP contribution in [0.4, 0.5) is 5.95 Å². The number of aromatic nitrogens is 2. The number of ether oxygens (including phenoxy) is 2. The molecule has 0 fully saturated rings. The minimum absolute atomic E-state index is 0.504. The van der Waals surface area contributed by atoms with Gasteiger partial charge in [-0.3, -0.25) is 0 Å². The largest absolute Gasteiger partial charge is 0.481 e. The van der Waals surface area contributed by atoms with Crippen LogP contribution in [0.5, 0.6) is 11.8 Å². The second-order valence-electron chi connectivity index (χ2n) is 3.41. The summed E-state index contributed by atoms with van der Waals surface area (Å²) in [6.45, 7) is 3.04.